The summed E-state index contributed by atoms with van der Waals surface area (Å²) in [6, 6.07) is 12.7. The second-order valence-electron chi connectivity index (χ2n) is 5.47. The molecule has 2 N–H and O–H groups in total. The Kier molecular flexibility index (Phi) is 6.08. The number of hydrogen-bond donors (Lipinski definition) is 2. The van der Waals surface area contributed by atoms with Gasteiger partial charge in [0.25, 0.3) is 5.91 Å². The molecule has 0 spiro atoms. The number of ether oxygens (including phenoxy) is 1. The van der Waals surface area contributed by atoms with E-state index in [1.54, 1.807) is 36.4 Å². The van der Waals surface area contributed by atoms with E-state index in [9.17, 15) is 14.7 Å². The highest BCUT2D eigenvalue weighted by Gasteiger charge is 2.10. The van der Waals surface area contributed by atoms with Crippen molar-refractivity contribution in [3.8, 4) is 5.75 Å². The number of carboxylic acid groups (broad SMARTS) is 1. The molecule has 0 bridgehead atoms. The summed E-state index contributed by atoms with van der Waals surface area (Å²) in [5.74, 6) is -1.11. The van der Waals surface area contributed by atoms with Gasteiger partial charge in [0.05, 0.1) is 12.1 Å². The monoisotopic (exact) mass is 357 g/mol. The Hall–Kier alpha value is -2.93. The van der Waals surface area contributed by atoms with E-state index in [4.69, 9.17) is 17.0 Å². The van der Waals surface area contributed by atoms with E-state index in [0.29, 0.717) is 17.0 Å². The third-order valence-electron chi connectivity index (χ3n) is 3.05. The van der Waals surface area contributed by atoms with Crippen molar-refractivity contribution in [2.24, 2.45) is 0 Å². The standard InChI is InChI=1S/C18H18N2O4S/c1-11(2)24-15-8-4-5-12(10-15)16(21)20-18(25)19-14-7-3-6-13(9-14)17(22)23/h3-11H,1-2H3,(H,22,23)(H2,19,20,21,25)/p-1. The summed E-state index contributed by atoms with van der Waals surface area (Å²) >= 11 is 5.09. The van der Waals surface area contributed by atoms with Crippen molar-refractivity contribution in [2.75, 3.05) is 5.32 Å². The predicted octanol–water partition coefficient (Wildman–Crippen LogP) is 1.96. The SMILES string of the molecule is CC(C)Oc1cccc(C(=O)NC(=S)Nc2cccc(C(=O)[O-])c2)c1. The highest BCUT2D eigenvalue weighted by Crippen LogP contribution is 2.15. The third-order valence-corrected chi connectivity index (χ3v) is 3.26. The Morgan fingerprint density at radius 3 is 2.44 bits per heavy atom. The van der Waals surface area contributed by atoms with Gasteiger partial charge in [-0.25, -0.2) is 0 Å². The zero-order chi connectivity index (χ0) is 18.4. The molecule has 0 fully saturated rings. The van der Waals surface area contributed by atoms with Gasteiger partial charge in [0.1, 0.15) is 5.75 Å². The normalized spacial score (nSPS) is 10.2. The van der Waals surface area contributed by atoms with Crippen molar-refractivity contribution in [3.05, 3.63) is 59.7 Å². The number of carbonyl (C=O) groups is 2. The minimum absolute atomic E-state index is 0.00273. The lowest BCUT2D eigenvalue weighted by molar-refractivity contribution is -0.255. The second kappa shape index (κ2) is 8.25. The van der Waals surface area contributed by atoms with Crippen LogP contribution in [0.3, 0.4) is 0 Å². The van der Waals surface area contributed by atoms with Crippen LogP contribution in [-0.4, -0.2) is 23.1 Å². The number of nitrogens with one attached hydrogen (secondary N) is 2. The van der Waals surface area contributed by atoms with Crippen molar-refractivity contribution in [2.45, 2.75) is 20.0 Å². The Balaban J connectivity index is 2.02. The molecule has 0 aliphatic heterocycles. The molecule has 0 saturated carbocycles. The van der Waals surface area contributed by atoms with Crippen LogP contribution >= 0.6 is 12.2 Å². The van der Waals surface area contributed by atoms with Crippen molar-refractivity contribution >= 4 is 34.9 Å². The molecule has 6 nitrogen and oxygen atoms in total. The fraction of sp³-hybridized carbons (Fsp3) is 0.167. The largest absolute Gasteiger partial charge is 0.545 e. The van der Waals surface area contributed by atoms with Gasteiger partial charge in [0.2, 0.25) is 0 Å². The van der Waals surface area contributed by atoms with Crippen LogP contribution in [0.5, 0.6) is 5.75 Å². The van der Waals surface area contributed by atoms with Crippen LogP contribution in [0, 0.1) is 0 Å². The average molecular weight is 357 g/mol. The Bertz CT molecular complexity index is 805. The summed E-state index contributed by atoms with van der Waals surface area (Å²) in [5, 5.41) is 16.2. The van der Waals surface area contributed by atoms with Crippen LogP contribution in [0.15, 0.2) is 48.5 Å². The smallest absolute Gasteiger partial charge is 0.257 e. The molecule has 0 saturated heterocycles. The first-order valence-corrected chi connectivity index (χ1v) is 7.96. The lowest BCUT2D eigenvalue weighted by Gasteiger charge is -2.13. The molecule has 0 unspecified atom stereocenters. The average Bonchev–Trinajstić information content (AvgIpc) is 2.54. The lowest BCUT2D eigenvalue weighted by Crippen LogP contribution is -2.34. The van der Waals surface area contributed by atoms with Gasteiger partial charge in [0.15, 0.2) is 5.11 Å². The summed E-state index contributed by atoms with van der Waals surface area (Å²) in [7, 11) is 0. The van der Waals surface area contributed by atoms with Crippen LogP contribution < -0.4 is 20.5 Å². The van der Waals surface area contributed by atoms with Gasteiger partial charge in [0, 0.05) is 11.3 Å². The first-order chi connectivity index (χ1) is 11.8. The first kappa shape index (κ1) is 18.4. The van der Waals surface area contributed by atoms with Crippen LogP contribution in [0.4, 0.5) is 5.69 Å². The fourth-order valence-corrected chi connectivity index (χ4v) is 2.25. The number of carbonyl (C=O) groups excluding carboxylic acids is 2. The van der Waals surface area contributed by atoms with Crippen molar-refractivity contribution < 1.29 is 19.4 Å². The van der Waals surface area contributed by atoms with Crippen molar-refractivity contribution in [3.63, 3.8) is 0 Å². The van der Waals surface area contributed by atoms with Crippen molar-refractivity contribution in [1.29, 1.82) is 0 Å². The molecule has 1 amide bonds. The summed E-state index contributed by atoms with van der Waals surface area (Å²) < 4.78 is 5.55. The van der Waals surface area contributed by atoms with Crippen LogP contribution in [0.2, 0.25) is 0 Å². The van der Waals surface area contributed by atoms with E-state index < -0.39 is 11.9 Å². The van der Waals surface area contributed by atoms with Crippen LogP contribution in [-0.2, 0) is 0 Å². The summed E-state index contributed by atoms with van der Waals surface area (Å²) in [6.45, 7) is 3.79. The molecular formula is C18H17N2O4S-. The summed E-state index contributed by atoms with van der Waals surface area (Å²) in [6.07, 6.45) is -0.00273. The van der Waals surface area contributed by atoms with E-state index in [-0.39, 0.29) is 16.8 Å². The van der Waals surface area contributed by atoms with Gasteiger partial charge in [-0.15, -0.1) is 0 Å². The minimum atomic E-state index is -1.29. The quantitative estimate of drug-likeness (QED) is 0.795. The topological polar surface area (TPSA) is 90.5 Å². The lowest BCUT2D eigenvalue weighted by atomic mass is 10.2. The van der Waals surface area contributed by atoms with E-state index >= 15 is 0 Å². The molecule has 130 valence electrons. The molecule has 0 aromatic heterocycles. The molecule has 2 aromatic carbocycles. The van der Waals surface area contributed by atoms with Gasteiger partial charge < -0.3 is 20.0 Å². The second-order valence-corrected chi connectivity index (χ2v) is 5.88. The Morgan fingerprint density at radius 2 is 1.76 bits per heavy atom. The number of benzene rings is 2. The van der Waals surface area contributed by atoms with Crippen molar-refractivity contribution in [1.82, 2.24) is 5.32 Å². The number of aromatic carboxylic acids is 1. The fourth-order valence-electron chi connectivity index (χ4n) is 2.04. The van der Waals surface area contributed by atoms with E-state index in [1.165, 1.54) is 12.1 Å². The Labute approximate surface area is 150 Å². The zero-order valence-corrected chi connectivity index (χ0v) is 14.6. The van der Waals surface area contributed by atoms with E-state index in [1.807, 2.05) is 13.8 Å². The maximum absolute atomic E-state index is 12.3. The molecule has 0 aliphatic carbocycles. The molecule has 0 aliphatic rings. The van der Waals surface area contributed by atoms with Gasteiger partial charge in [-0.3, -0.25) is 10.1 Å². The van der Waals surface area contributed by atoms with Gasteiger partial charge in [-0.05, 0) is 62.0 Å². The molecular weight excluding hydrogens is 340 g/mol. The maximum Gasteiger partial charge on any atom is 0.257 e. The number of thiocarbonyl (C=S) groups is 1. The maximum atomic E-state index is 12.3. The predicted molar refractivity (Wildman–Crippen MR) is 96.7 cm³/mol. The summed E-state index contributed by atoms with van der Waals surface area (Å²) in [5.41, 5.74) is 0.840. The molecule has 0 atom stereocenters. The molecule has 2 rings (SSSR count). The highest BCUT2D eigenvalue weighted by atomic mass is 32.1. The van der Waals surface area contributed by atoms with Gasteiger partial charge in [-0.2, -0.15) is 0 Å². The minimum Gasteiger partial charge on any atom is -0.545 e. The molecule has 0 radical (unpaired) electrons. The number of hydrogen-bond acceptors (Lipinski definition) is 5. The first-order valence-electron chi connectivity index (χ1n) is 7.55. The number of anilines is 1. The van der Waals surface area contributed by atoms with E-state index in [0.717, 1.165) is 0 Å². The van der Waals surface area contributed by atoms with Crippen LogP contribution in [0.25, 0.3) is 0 Å². The molecule has 25 heavy (non-hydrogen) atoms. The van der Waals surface area contributed by atoms with E-state index in [2.05, 4.69) is 10.6 Å². The molecule has 7 heteroatoms. The van der Waals surface area contributed by atoms with Gasteiger partial charge in [-0.1, -0.05) is 18.2 Å². The molecule has 0 heterocycles. The summed E-state index contributed by atoms with van der Waals surface area (Å²) in [4.78, 5) is 23.1. The number of amides is 1. The Morgan fingerprint density at radius 1 is 1.08 bits per heavy atom. The van der Waals surface area contributed by atoms with Crippen LogP contribution in [0.1, 0.15) is 34.6 Å². The molecule has 2 aromatic rings. The highest BCUT2D eigenvalue weighted by molar-refractivity contribution is 7.80. The third kappa shape index (κ3) is 5.58. The van der Waals surface area contributed by atoms with Gasteiger partial charge >= 0.3 is 0 Å². The number of rotatable bonds is 5. The number of carboxylic acids is 1. The zero-order valence-electron chi connectivity index (χ0n) is 13.7.